The highest BCUT2D eigenvalue weighted by Crippen LogP contribution is 2.34. The molecule has 3 rings (SSSR count). The van der Waals surface area contributed by atoms with Gasteiger partial charge in [0.25, 0.3) is 0 Å². The smallest absolute Gasteiger partial charge is 0.173 e. The summed E-state index contributed by atoms with van der Waals surface area (Å²) in [6.07, 6.45) is 0. The summed E-state index contributed by atoms with van der Waals surface area (Å²) in [7, 11) is 0. The summed E-state index contributed by atoms with van der Waals surface area (Å²) in [6, 6.07) is 10.9. The molecule has 1 N–H and O–H groups in total. The van der Waals surface area contributed by atoms with Crippen molar-refractivity contribution < 1.29 is 18.4 Å². The Balaban J connectivity index is 2.15. The van der Waals surface area contributed by atoms with Gasteiger partial charge in [0.1, 0.15) is 5.69 Å². The number of aliphatic hydroxyl groups is 1. The van der Waals surface area contributed by atoms with E-state index in [1.807, 2.05) is 0 Å². The van der Waals surface area contributed by atoms with Crippen LogP contribution in [0.5, 0.6) is 0 Å². The Morgan fingerprint density at radius 1 is 1.09 bits per heavy atom. The van der Waals surface area contributed by atoms with Gasteiger partial charge in [0.05, 0.1) is 12.2 Å². The van der Waals surface area contributed by atoms with Gasteiger partial charge in [0, 0.05) is 15.6 Å². The van der Waals surface area contributed by atoms with Crippen LogP contribution in [0.4, 0.5) is 8.78 Å². The van der Waals surface area contributed by atoms with E-state index in [1.54, 1.807) is 24.3 Å². The van der Waals surface area contributed by atoms with Crippen LogP contribution >= 0.6 is 15.9 Å². The van der Waals surface area contributed by atoms with Gasteiger partial charge < -0.3 is 9.63 Å². The molecule has 3 aromatic rings. The van der Waals surface area contributed by atoms with Crippen LogP contribution in [0.25, 0.3) is 22.6 Å². The number of aromatic nitrogens is 1. The maximum absolute atomic E-state index is 13.9. The summed E-state index contributed by atoms with van der Waals surface area (Å²) >= 11 is 3.33. The van der Waals surface area contributed by atoms with Crippen molar-refractivity contribution in [3.63, 3.8) is 0 Å². The summed E-state index contributed by atoms with van der Waals surface area (Å²) < 4.78 is 33.4. The summed E-state index contributed by atoms with van der Waals surface area (Å²) in [5.74, 6) is -1.67. The van der Waals surface area contributed by atoms with Crippen molar-refractivity contribution in [1.29, 1.82) is 0 Å². The second-order valence-electron chi connectivity index (χ2n) is 4.61. The predicted molar refractivity (Wildman–Crippen MR) is 80.9 cm³/mol. The van der Waals surface area contributed by atoms with Crippen LogP contribution in [-0.2, 0) is 6.61 Å². The maximum Gasteiger partial charge on any atom is 0.173 e. The van der Waals surface area contributed by atoms with E-state index in [4.69, 9.17) is 4.52 Å². The third-order valence-electron chi connectivity index (χ3n) is 3.26. The minimum absolute atomic E-state index is 0.0452. The number of hydrogen-bond acceptors (Lipinski definition) is 3. The summed E-state index contributed by atoms with van der Waals surface area (Å²) in [6.45, 7) is -0.403. The monoisotopic (exact) mass is 365 g/mol. The molecule has 2 aromatic carbocycles. The van der Waals surface area contributed by atoms with Crippen molar-refractivity contribution in [1.82, 2.24) is 5.16 Å². The molecule has 6 heteroatoms. The average Bonchev–Trinajstić information content (AvgIpc) is 2.94. The molecule has 0 radical (unpaired) electrons. The predicted octanol–water partition coefficient (Wildman–Crippen LogP) is 4.54. The van der Waals surface area contributed by atoms with Gasteiger partial charge in [-0.05, 0) is 24.3 Å². The SMILES string of the molecule is OCc1c(-c2cccc(F)c2F)noc1-c1ccc(Br)cc1. The van der Waals surface area contributed by atoms with Gasteiger partial charge in [-0.1, -0.05) is 39.3 Å². The highest BCUT2D eigenvalue weighted by molar-refractivity contribution is 9.10. The summed E-state index contributed by atoms with van der Waals surface area (Å²) in [4.78, 5) is 0. The lowest BCUT2D eigenvalue weighted by atomic mass is 10.0. The fourth-order valence-electron chi connectivity index (χ4n) is 2.18. The zero-order valence-electron chi connectivity index (χ0n) is 11.2. The Labute approximate surface area is 133 Å². The van der Waals surface area contributed by atoms with E-state index in [9.17, 15) is 13.9 Å². The second kappa shape index (κ2) is 5.98. The standard InChI is InChI=1S/C16H10BrF2NO2/c17-10-6-4-9(5-7-10)16-12(8-21)15(20-22-16)11-2-1-3-13(18)14(11)19/h1-7,21H,8H2. The fraction of sp³-hybridized carbons (Fsp3) is 0.0625. The molecule has 0 spiro atoms. The van der Waals surface area contributed by atoms with Crippen molar-refractivity contribution >= 4 is 15.9 Å². The quantitative estimate of drug-likeness (QED) is 0.740. The Kier molecular flexibility index (Phi) is 4.04. The molecule has 0 fully saturated rings. The van der Waals surface area contributed by atoms with Crippen molar-refractivity contribution in [3.8, 4) is 22.6 Å². The first-order valence-electron chi connectivity index (χ1n) is 6.41. The third kappa shape index (κ3) is 2.55. The molecule has 0 aliphatic heterocycles. The molecule has 1 heterocycles. The van der Waals surface area contributed by atoms with Gasteiger partial charge >= 0.3 is 0 Å². The lowest BCUT2D eigenvalue weighted by Crippen LogP contribution is -1.94. The Hall–Kier alpha value is -2.05. The number of aliphatic hydroxyl groups excluding tert-OH is 1. The summed E-state index contributed by atoms with van der Waals surface area (Å²) in [5.41, 5.74) is 1.04. The molecular formula is C16H10BrF2NO2. The normalized spacial score (nSPS) is 10.9. The number of hydrogen-bond donors (Lipinski definition) is 1. The molecule has 22 heavy (non-hydrogen) atoms. The Bertz CT molecular complexity index is 816. The first-order chi connectivity index (χ1) is 10.6. The van der Waals surface area contributed by atoms with E-state index < -0.39 is 18.2 Å². The third-order valence-corrected chi connectivity index (χ3v) is 3.79. The van der Waals surface area contributed by atoms with Gasteiger partial charge in [-0.25, -0.2) is 8.78 Å². The van der Waals surface area contributed by atoms with Crippen LogP contribution in [-0.4, -0.2) is 10.3 Å². The summed E-state index contributed by atoms with van der Waals surface area (Å²) in [5, 5.41) is 13.4. The molecule has 0 aliphatic rings. The number of rotatable bonds is 3. The van der Waals surface area contributed by atoms with E-state index in [0.29, 0.717) is 16.9 Å². The van der Waals surface area contributed by atoms with E-state index >= 15 is 0 Å². The molecule has 1 aromatic heterocycles. The molecule has 3 nitrogen and oxygen atoms in total. The Morgan fingerprint density at radius 2 is 1.82 bits per heavy atom. The number of halogens is 3. The molecule has 112 valence electrons. The first-order valence-corrected chi connectivity index (χ1v) is 7.21. The zero-order valence-corrected chi connectivity index (χ0v) is 12.8. The zero-order chi connectivity index (χ0) is 15.7. The van der Waals surface area contributed by atoms with E-state index in [-0.39, 0.29) is 11.3 Å². The number of benzene rings is 2. The van der Waals surface area contributed by atoms with E-state index in [0.717, 1.165) is 10.5 Å². The molecule has 0 amide bonds. The maximum atomic E-state index is 13.9. The minimum atomic E-state index is -1.02. The van der Waals surface area contributed by atoms with E-state index in [2.05, 4.69) is 21.1 Å². The molecule has 0 unspecified atom stereocenters. The van der Waals surface area contributed by atoms with Crippen molar-refractivity contribution in [2.75, 3.05) is 0 Å². The molecule has 0 aliphatic carbocycles. The highest BCUT2D eigenvalue weighted by Gasteiger charge is 2.21. The molecule has 0 saturated heterocycles. The van der Waals surface area contributed by atoms with Gasteiger partial charge in [-0.3, -0.25) is 0 Å². The molecule has 0 bridgehead atoms. The second-order valence-corrected chi connectivity index (χ2v) is 5.52. The van der Waals surface area contributed by atoms with Crippen molar-refractivity contribution in [3.05, 3.63) is 64.1 Å². The lowest BCUT2D eigenvalue weighted by Gasteiger charge is -2.03. The van der Waals surface area contributed by atoms with E-state index in [1.165, 1.54) is 12.1 Å². The Morgan fingerprint density at radius 3 is 2.50 bits per heavy atom. The molecular weight excluding hydrogens is 356 g/mol. The van der Waals surface area contributed by atoms with Gasteiger partial charge in [-0.15, -0.1) is 0 Å². The van der Waals surface area contributed by atoms with Crippen LogP contribution < -0.4 is 0 Å². The topological polar surface area (TPSA) is 46.3 Å². The highest BCUT2D eigenvalue weighted by atomic mass is 79.9. The fourth-order valence-corrected chi connectivity index (χ4v) is 2.45. The van der Waals surface area contributed by atoms with Crippen molar-refractivity contribution in [2.45, 2.75) is 6.61 Å². The lowest BCUT2D eigenvalue weighted by molar-refractivity contribution is 0.281. The van der Waals surface area contributed by atoms with Crippen LogP contribution in [0.15, 0.2) is 51.5 Å². The van der Waals surface area contributed by atoms with Crippen LogP contribution in [0.2, 0.25) is 0 Å². The van der Waals surface area contributed by atoms with Crippen LogP contribution in [0.3, 0.4) is 0 Å². The minimum Gasteiger partial charge on any atom is -0.391 e. The average molecular weight is 366 g/mol. The van der Waals surface area contributed by atoms with Gasteiger partial charge in [0.15, 0.2) is 17.4 Å². The number of nitrogens with zero attached hydrogens (tertiary/aromatic N) is 1. The van der Waals surface area contributed by atoms with Gasteiger partial charge in [-0.2, -0.15) is 0 Å². The van der Waals surface area contributed by atoms with Gasteiger partial charge in [0.2, 0.25) is 0 Å². The molecule has 0 saturated carbocycles. The van der Waals surface area contributed by atoms with Crippen LogP contribution in [0, 0.1) is 11.6 Å². The largest absolute Gasteiger partial charge is 0.391 e. The van der Waals surface area contributed by atoms with Crippen molar-refractivity contribution in [2.24, 2.45) is 0 Å². The molecule has 0 atom stereocenters. The van der Waals surface area contributed by atoms with Crippen LogP contribution in [0.1, 0.15) is 5.56 Å². The first kappa shape index (κ1) is 14.9.